The lowest BCUT2D eigenvalue weighted by molar-refractivity contribution is -0.117. The van der Waals surface area contributed by atoms with Gasteiger partial charge in [-0.1, -0.05) is 48.5 Å². The van der Waals surface area contributed by atoms with E-state index in [2.05, 4.69) is 0 Å². The van der Waals surface area contributed by atoms with Gasteiger partial charge in [0.25, 0.3) is 0 Å². The molecular weight excluding hydrogens is 270 g/mol. The third kappa shape index (κ3) is 3.96. The van der Waals surface area contributed by atoms with Gasteiger partial charge in [0.2, 0.25) is 5.91 Å². The Morgan fingerprint density at radius 3 is 2.30 bits per heavy atom. The van der Waals surface area contributed by atoms with Gasteiger partial charge >= 0.3 is 0 Å². The second-order valence-corrected chi connectivity index (χ2v) is 5.35. The van der Waals surface area contributed by atoms with E-state index < -0.39 is 5.91 Å². The molecule has 0 aliphatic carbocycles. The predicted molar refractivity (Wildman–Crippen MR) is 80.6 cm³/mol. The summed E-state index contributed by atoms with van der Waals surface area (Å²) in [5.74, 6) is -0.0478. The summed E-state index contributed by atoms with van der Waals surface area (Å²) in [7, 11) is 0. The Hall–Kier alpha value is -2.07. The maximum atomic E-state index is 12.0. The summed E-state index contributed by atoms with van der Waals surface area (Å²) in [4.78, 5) is 23.7. The molecule has 2 rings (SSSR count). The molecular formula is C16H15NO2S. The molecule has 0 saturated carbocycles. The molecule has 0 aromatic heterocycles. The zero-order valence-corrected chi connectivity index (χ0v) is 11.7. The standard InChI is InChI=1S/C16H15NO2S/c17-16(19)10-14(18)13-8-4-5-9-15(13)20-11-12-6-2-1-3-7-12/h1-9H,10-11H2,(H2,17,19). The lowest BCUT2D eigenvalue weighted by atomic mass is 10.1. The number of amides is 1. The van der Waals surface area contributed by atoms with Crippen molar-refractivity contribution < 1.29 is 9.59 Å². The second kappa shape index (κ2) is 6.91. The van der Waals surface area contributed by atoms with Crippen molar-refractivity contribution in [3.63, 3.8) is 0 Å². The van der Waals surface area contributed by atoms with Gasteiger partial charge in [0, 0.05) is 16.2 Å². The fourth-order valence-electron chi connectivity index (χ4n) is 1.81. The van der Waals surface area contributed by atoms with E-state index in [0.717, 1.165) is 10.6 Å². The molecule has 2 aromatic carbocycles. The first-order chi connectivity index (χ1) is 9.66. The van der Waals surface area contributed by atoms with E-state index in [1.165, 1.54) is 5.56 Å². The van der Waals surface area contributed by atoms with Crippen LogP contribution in [0.3, 0.4) is 0 Å². The number of hydrogen-bond acceptors (Lipinski definition) is 3. The molecule has 0 aliphatic heterocycles. The minimum atomic E-state index is -0.599. The van der Waals surface area contributed by atoms with E-state index in [1.807, 2.05) is 42.5 Å². The van der Waals surface area contributed by atoms with Gasteiger partial charge in [-0.3, -0.25) is 9.59 Å². The Morgan fingerprint density at radius 1 is 0.950 bits per heavy atom. The average Bonchev–Trinajstić information content (AvgIpc) is 2.46. The maximum absolute atomic E-state index is 12.0. The number of hydrogen-bond donors (Lipinski definition) is 1. The van der Waals surface area contributed by atoms with Crippen LogP contribution in [0, 0.1) is 0 Å². The van der Waals surface area contributed by atoms with Crippen molar-refractivity contribution in [2.45, 2.75) is 17.1 Å². The van der Waals surface area contributed by atoms with Crippen LogP contribution in [-0.2, 0) is 10.5 Å². The first-order valence-corrected chi connectivity index (χ1v) is 7.22. The highest BCUT2D eigenvalue weighted by Crippen LogP contribution is 2.27. The summed E-state index contributed by atoms with van der Waals surface area (Å²) in [6, 6.07) is 17.3. The van der Waals surface area contributed by atoms with Crippen molar-refractivity contribution in [3.8, 4) is 0 Å². The predicted octanol–water partition coefficient (Wildman–Crippen LogP) is 3.04. The molecule has 0 fully saturated rings. The SMILES string of the molecule is NC(=O)CC(=O)c1ccccc1SCc1ccccc1. The van der Waals surface area contributed by atoms with Crippen LogP contribution in [0.25, 0.3) is 0 Å². The van der Waals surface area contributed by atoms with Gasteiger partial charge < -0.3 is 5.73 Å². The summed E-state index contributed by atoms with van der Waals surface area (Å²) in [6.45, 7) is 0. The Balaban J connectivity index is 2.12. The molecule has 0 saturated heterocycles. The minimum absolute atomic E-state index is 0.228. The zero-order chi connectivity index (χ0) is 14.4. The van der Waals surface area contributed by atoms with Gasteiger partial charge in [-0.2, -0.15) is 0 Å². The molecule has 20 heavy (non-hydrogen) atoms. The van der Waals surface area contributed by atoms with E-state index in [0.29, 0.717) is 5.56 Å². The number of carbonyl (C=O) groups excluding carboxylic acids is 2. The first-order valence-electron chi connectivity index (χ1n) is 6.24. The van der Waals surface area contributed by atoms with Crippen molar-refractivity contribution in [1.82, 2.24) is 0 Å². The summed E-state index contributed by atoms with van der Waals surface area (Å²) >= 11 is 1.58. The van der Waals surface area contributed by atoms with E-state index in [-0.39, 0.29) is 12.2 Å². The highest BCUT2D eigenvalue weighted by molar-refractivity contribution is 7.98. The topological polar surface area (TPSA) is 60.2 Å². The average molecular weight is 285 g/mol. The Labute approximate surface area is 122 Å². The number of Topliss-reactive ketones (excluding diaryl/α,β-unsaturated/α-hetero) is 1. The molecule has 0 radical (unpaired) electrons. The fourth-order valence-corrected chi connectivity index (χ4v) is 2.84. The number of carbonyl (C=O) groups is 2. The van der Waals surface area contributed by atoms with Gasteiger partial charge in [-0.15, -0.1) is 11.8 Å². The van der Waals surface area contributed by atoms with Crippen LogP contribution in [0.2, 0.25) is 0 Å². The minimum Gasteiger partial charge on any atom is -0.369 e. The van der Waals surface area contributed by atoms with E-state index in [4.69, 9.17) is 5.73 Å². The molecule has 0 bridgehead atoms. The molecule has 102 valence electrons. The summed E-state index contributed by atoms with van der Waals surface area (Å²) in [5.41, 5.74) is 6.83. The summed E-state index contributed by atoms with van der Waals surface area (Å²) in [5, 5.41) is 0. The van der Waals surface area contributed by atoms with Gasteiger partial charge in [0.15, 0.2) is 5.78 Å². The van der Waals surface area contributed by atoms with Crippen LogP contribution in [0.5, 0.6) is 0 Å². The molecule has 3 nitrogen and oxygen atoms in total. The maximum Gasteiger partial charge on any atom is 0.225 e. The van der Waals surface area contributed by atoms with Crippen molar-refractivity contribution in [2.75, 3.05) is 0 Å². The monoisotopic (exact) mass is 285 g/mol. The lowest BCUT2D eigenvalue weighted by Gasteiger charge is -2.07. The third-order valence-corrected chi connectivity index (χ3v) is 3.90. The third-order valence-electron chi connectivity index (χ3n) is 2.76. The van der Waals surface area contributed by atoms with Crippen LogP contribution >= 0.6 is 11.8 Å². The highest BCUT2D eigenvalue weighted by atomic mass is 32.2. The Kier molecular flexibility index (Phi) is 4.96. The fraction of sp³-hybridized carbons (Fsp3) is 0.125. The molecule has 0 aliphatic rings. The number of nitrogens with two attached hydrogens (primary N) is 1. The zero-order valence-electron chi connectivity index (χ0n) is 10.9. The van der Waals surface area contributed by atoms with E-state index in [1.54, 1.807) is 23.9 Å². The molecule has 2 aromatic rings. The highest BCUT2D eigenvalue weighted by Gasteiger charge is 2.13. The van der Waals surface area contributed by atoms with Crippen molar-refractivity contribution >= 4 is 23.5 Å². The van der Waals surface area contributed by atoms with Crippen LogP contribution < -0.4 is 5.73 Å². The normalized spacial score (nSPS) is 10.2. The number of benzene rings is 2. The Morgan fingerprint density at radius 2 is 1.60 bits per heavy atom. The van der Waals surface area contributed by atoms with Crippen LogP contribution in [-0.4, -0.2) is 11.7 Å². The largest absolute Gasteiger partial charge is 0.369 e. The number of primary amides is 1. The number of ketones is 1. The van der Waals surface area contributed by atoms with Gasteiger partial charge in [-0.05, 0) is 11.6 Å². The summed E-state index contributed by atoms with van der Waals surface area (Å²) < 4.78 is 0. The first kappa shape index (κ1) is 14.3. The second-order valence-electron chi connectivity index (χ2n) is 4.34. The lowest BCUT2D eigenvalue weighted by Crippen LogP contribution is -2.16. The molecule has 4 heteroatoms. The molecule has 0 atom stereocenters. The molecule has 0 unspecified atom stereocenters. The molecule has 1 amide bonds. The molecule has 2 N–H and O–H groups in total. The van der Waals surface area contributed by atoms with E-state index in [9.17, 15) is 9.59 Å². The van der Waals surface area contributed by atoms with Crippen LogP contribution in [0.4, 0.5) is 0 Å². The van der Waals surface area contributed by atoms with Gasteiger partial charge in [-0.25, -0.2) is 0 Å². The van der Waals surface area contributed by atoms with Crippen molar-refractivity contribution in [2.24, 2.45) is 5.73 Å². The van der Waals surface area contributed by atoms with Crippen molar-refractivity contribution in [1.29, 1.82) is 0 Å². The van der Waals surface area contributed by atoms with E-state index >= 15 is 0 Å². The van der Waals surface area contributed by atoms with Crippen LogP contribution in [0.15, 0.2) is 59.5 Å². The van der Waals surface area contributed by atoms with Gasteiger partial charge in [0.05, 0.1) is 6.42 Å². The van der Waals surface area contributed by atoms with Crippen LogP contribution in [0.1, 0.15) is 22.3 Å². The smallest absolute Gasteiger partial charge is 0.225 e. The Bertz CT molecular complexity index is 611. The number of rotatable bonds is 6. The van der Waals surface area contributed by atoms with Crippen molar-refractivity contribution in [3.05, 3.63) is 65.7 Å². The quantitative estimate of drug-likeness (QED) is 0.504. The number of thioether (sulfide) groups is 1. The summed E-state index contributed by atoms with van der Waals surface area (Å²) in [6.07, 6.45) is -0.247. The molecule has 0 heterocycles. The molecule has 0 spiro atoms. The van der Waals surface area contributed by atoms with Gasteiger partial charge in [0.1, 0.15) is 0 Å².